The summed E-state index contributed by atoms with van der Waals surface area (Å²) in [6, 6.07) is -0.372. The number of aromatic amines is 1. The molecule has 8 nitrogen and oxygen atoms in total. The van der Waals surface area contributed by atoms with Crippen molar-refractivity contribution in [1.82, 2.24) is 14.5 Å². The SMILES string of the molecule is CCOC(=O)c1cn[nH]c1S(=O)(=O)N(CC)C(C)COC. The number of H-pyrrole nitrogens is 1. The Hall–Kier alpha value is -1.45. The number of sulfonamides is 1. The number of hydrogen-bond donors (Lipinski definition) is 1. The summed E-state index contributed by atoms with van der Waals surface area (Å²) in [4.78, 5) is 11.8. The maximum absolute atomic E-state index is 12.7. The van der Waals surface area contributed by atoms with Gasteiger partial charge in [-0.2, -0.15) is 9.40 Å². The largest absolute Gasteiger partial charge is 0.462 e. The van der Waals surface area contributed by atoms with Crippen LogP contribution in [0.4, 0.5) is 0 Å². The molecule has 1 atom stereocenters. The number of hydrogen-bond acceptors (Lipinski definition) is 6. The third kappa shape index (κ3) is 3.80. The average Bonchev–Trinajstić information content (AvgIpc) is 2.89. The van der Waals surface area contributed by atoms with Crippen LogP contribution in [0.3, 0.4) is 0 Å². The molecular weight excluding hydrogens is 298 g/mol. The van der Waals surface area contributed by atoms with Crippen LogP contribution in [0.2, 0.25) is 0 Å². The lowest BCUT2D eigenvalue weighted by Gasteiger charge is -2.26. The van der Waals surface area contributed by atoms with Gasteiger partial charge in [-0.25, -0.2) is 13.2 Å². The molecule has 0 radical (unpaired) electrons. The molecular formula is C12H21N3O5S. The maximum atomic E-state index is 12.7. The number of methoxy groups -OCH3 is 1. The number of rotatable bonds is 8. The summed E-state index contributed by atoms with van der Waals surface area (Å²) >= 11 is 0. The molecule has 1 aromatic rings. The number of esters is 1. The smallest absolute Gasteiger partial charge is 0.342 e. The molecule has 1 rings (SSSR count). The van der Waals surface area contributed by atoms with Gasteiger partial charge < -0.3 is 9.47 Å². The highest BCUT2D eigenvalue weighted by Gasteiger charge is 2.33. The number of nitrogens with one attached hydrogen (secondary N) is 1. The molecule has 0 bridgehead atoms. The molecule has 0 amide bonds. The van der Waals surface area contributed by atoms with Gasteiger partial charge in [0.2, 0.25) is 0 Å². The van der Waals surface area contributed by atoms with Crippen molar-refractivity contribution in [3.63, 3.8) is 0 Å². The first-order chi connectivity index (χ1) is 9.89. The van der Waals surface area contributed by atoms with Gasteiger partial charge in [-0.3, -0.25) is 5.10 Å². The summed E-state index contributed by atoms with van der Waals surface area (Å²) in [6.07, 6.45) is 1.15. The second-order valence-electron chi connectivity index (χ2n) is 4.35. The van der Waals surface area contributed by atoms with Crippen LogP contribution in [0.25, 0.3) is 0 Å². The number of aromatic nitrogens is 2. The van der Waals surface area contributed by atoms with Crippen LogP contribution in [0, 0.1) is 0 Å². The van der Waals surface area contributed by atoms with Crippen LogP contribution in [0.5, 0.6) is 0 Å². The predicted octanol–water partition coefficient (Wildman–Crippen LogP) is 0.632. The monoisotopic (exact) mass is 319 g/mol. The van der Waals surface area contributed by atoms with Gasteiger partial charge in [0.1, 0.15) is 5.56 Å². The molecule has 1 unspecified atom stereocenters. The molecule has 1 aromatic heterocycles. The molecule has 9 heteroatoms. The van der Waals surface area contributed by atoms with Gasteiger partial charge in [0.05, 0.1) is 19.4 Å². The van der Waals surface area contributed by atoms with E-state index >= 15 is 0 Å². The van der Waals surface area contributed by atoms with Gasteiger partial charge in [-0.15, -0.1) is 0 Å². The van der Waals surface area contributed by atoms with Crippen molar-refractivity contribution in [2.45, 2.75) is 31.8 Å². The fourth-order valence-electron chi connectivity index (χ4n) is 1.99. The van der Waals surface area contributed by atoms with Crippen molar-refractivity contribution >= 4 is 16.0 Å². The van der Waals surface area contributed by atoms with Crippen LogP contribution in [-0.4, -0.2) is 61.8 Å². The predicted molar refractivity (Wildman–Crippen MR) is 75.4 cm³/mol. The van der Waals surface area contributed by atoms with Gasteiger partial charge in [0.15, 0.2) is 5.03 Å². The van der Waals surface area contributed by atoms with E-state index in [-0.39, 0.29) is 36.4 Å². The highest BCUT2D eigenvalue weighted by atomic mass is 32.2. The number of carbonyl (C=O) groups excluding carboxylic acids is 1. The number of nitrogens with zero attached hydrogens (tertiary/aromatic N) is 2. The van der Waals surface area contributed by atoms with Crippen LogP contribution in [0.1, 0.15) is 31.1 Å². The van der Waals surface area contributed by atoms with E-state index in [4.69, 9.17) is 9.47 Å². The van der Waals surface area contributed by atoms with Gasteiger partial charge in [-0.1, -0.05) is 6.92 Å². The van der Waals surface area contributed by atoms with Crippen LogP contribution >= 0.6 is 0 Å². The Morgan fingerprint density at radius 2 is 2.14 bits per heavy atom. The first kappa shape index (κ1) is 17.6. The van der Waals surface area contributed by atoms with Crippen molar-refractivity contribution in [2.75, 3.05) is 26.9 Å². The summed E-state index contributed by atoms with van der Waals surface area (Å²) in [5.41, 5.74) is -0.0973. The van der Waals surface area contributed by atoms with Crippen LogP contribution in [0.15, 0.2) is 11.2 Å². The van der Waals surface area contributed by atoms with E-state index in [1.165, 1.54) is 11.4 Å². The van der Waals surface area contributed by atoms with Crippen molar-refractivity contribution in [3.05, 3.63) is 11.8 Å². The number of carbonyl (C=O) groups is 1. The summed E-state index contributed by atoms with van der Waals surface area (Å²) < 4.78 is 36.4. The zero-order valence-electron chi connectivity index (χ0n) is 12.6. The fourth-order valence-corrected chi connectivity index (χ4v) is 3.68. The topological polar surface area (TPSA) is 102 Å². The molecule has 0 aliphatic heterocycles. The van der Waals surface area contributed by atoms with E-state index in [1.54, 1.807) is 20.8 Å². The number of ether oxygens (including phenoxy) is 2. The molecule has 0 spiro atoms. The third-order valence-electron chi connectivity index (χ3n) is 2.88. The molecule has 0 aliphatic rings. The molecule has 0 saturated heterocycles. The molecule has 1 N–H and O–H groups in total. The Labute approximate surface area is 124 Å². The van der Waals surface area contributed by atoms with Crippen molar-refractivity contribution in [3.8, 4) is 0 Å². The molecule has 0 aromatic carbocycles. The summed E-state index contributed by atoms with van der Waals surface area (Å²) in [7, 11) is -2.39. The first-order valence-corrected chi connectivity index (χ1v) is 8.05. The Kier molecular flexibility index (Phi) is 6.31. The van der Waals surface area contributed by atoms with E-state index in [2.05, 4.69) is 10.2 Å². The van der Waals surface area contributed by atoms with Crippen LogP contribution in [-0.2, 0) is 19.5 Å². The zero-order chi connectivity index (χ0) is 16.0. The minimum atomic E-state index is -3.89. The Balaban J connectivity index is 3.18. The molecule has 0 fully saturated rings. The van der Waals surface area contributed by atoms with Gasteiger partial charge in [0.25, 0.3) is 10.0 Å². The lowest BCUT2D eigenvalue weighted by molar-refractivity contribution is 0.0521. The maximum Gasteiger partial charge on any atom is 0.342 e. The standard InChI is InChI=1S/C12H21N3O5S/c1-5-15(9(3)8-19-4)21(17,18)11-10(7-13-14-11)12(16)20-6-2/h7,9H,5-6,8H2,1-4H3,(H,13,14). The second-order valence-corrected chi connectivity index (χ2v) is 6.17. The lowest BCUT2D eigenvalue weighted by atomic mass is 10.3. The number of likely N-dealkylation sites (N-methyl/N-ethyl adjacent to an activating group) is 1. The molecule has 21 heavy (non-hydrogen) atoms. The first-order valence-electron chi connectivity index (χ1n) is 6.61. The Morgan fingerprint density at radius 1 is 1.48 bits per heavy atom. The van der Waals surface area contributed by atoms with Crippen molar-refractivity contribution < 1.29 is 22.7 Å². The summed E-state index contributed by atoms with van der Waals surface area (Å²) in [6.45, 7) is 5.73. The van der Waals surface area contributed by atoms with Crippen LogP contribution < -0.4 is 0 Å². The van der Waals surface area contributed by atoms with E-state index in [0.29, 0.717) is 0 Å². The zero-order valence-corrected chi connectivity index (χ0v) is 13.4. The molecule has 0 saturated carbocycles. The van der Waals surface area contributed by atoms with E-state index in [9.17, 15) is 13.2 Å². The fraction of sp³-hybridized carbons (Fsp3) is 0.667. The third-order valence-corrected chi connectivity index (χ3v) is 4.94. The second kappa shape index (κ2) is 7.53. The highest BCUT2D eigenvalue weighted by Crippen LogP contribution is 2.20. The molecule has 0 aliphatic carbocycles. The van der Waals surface area contributed by atoms with Gasteiger partial charge in [-0.05, 0) is 13.8 Å². The summed E-state index contributed by atoms with van der Waals surface area (Å²) in [5.74, 6) is -0.722. The lowest BCUT2D eigenvalue weighted by Crippen LogP contribution is -2.41. The Morgan fingerprint density at radius 3 is 2.67 bits per heavy atom. The minimum Gasteiger partial charge on any atom is -0.462 e. The van der Waals surface area contributed by atoms with Gasteiger partial charge >= 0.3 is 5.97 Å². The molecule has 1 heterocycles. The van der Waals surface area contributed by atoms with E-state index in [1.807, 2.05) is 0 Å². The van der Waals surface area contributed by atoms with Crippen molar-refractivity contribution in [1.29, 1.82) is 0 Å². The van der Waals surface area contributed by atoms with E-state index < -0.39 is 16.0 Å². The highest BCUT2D eigenvalue weighted by molar-refractivity contribution is 7.89. The quantitative estimate of drug-likeness (QED) is 0.705. The van der Waals surface area contributed by atoms with E-state index in [0.717, 1.165) is 6.20 Å². The minimum absolute atomic E-state index is 0.0973. The Bertz CT molecular complexity index is 569. The molecule has 120 valence electrons. The summed E-state index contributed by atoms with van der Waals surface area (Å²) in [5, 5.41) is 5.77. The van der Waals surface area contributed by atoms with Gasteiger partial charge in [0, 0.05) is 19.7 Å². The normalized spacial score (nSPS) is 13.4. The average molecular weight is 319 g/mol. The van der Waals surface area contributed by atoms with Crippen molar-refractivity contribution in [2.24, 2.45) is 0 Å².